The summed E-state index contributed by atoms with van der Waals surface area (Å²) in [6.45, 7) is 0.0960. The van der Waals surface area contributed by atoms with Gasteiger partial charge in [0.15, 0.2) is 17.6 Å². The molecular formula is C26H24INO8S. The Morgan fingerprint density at radius 2 is 1.84 bits per heavy atom. The number of fused-ring (bicyclic) bond motifs is 1. The second-order valence-corrected chi connectivity index (χ2v) is 9.42. The van der Waals surface area contributed by atoms with E-state index >= 15 is 0 Å². The minimum atomic E-state index is -1.06. The van der Waals surface area contributed by atoms with Crippen molar-refractivity contribution < 1.29 is 38.4 Å². The number of halogens is 1. The van der Waals surface area contributed by atoms with Crippen LogP contribution in [0.1, 0.15) is 18.1 Å². The highest BCUT2D eigenvalue weighted by molar-refractivity contribution is 14.1. The molecule has 4 rings (SSSR count). The van der Waals surface area contributed by atoms with Crippen LogP contribution < -0.4 is 19.5 Å². The van der Waals surface area contributed by atoms with Gasteiger partial charge in [0.2, 0.25) is 6.79 Å². The molecule has 11 heteroatoms. The van der Waals surface area contributed by atoms with Crippen molar-refractivity contribution in [2.75, 3.05) is 24.5 Å². The number of benzene rings is 3. The molecule has 3 aromatic carbocycles. The van der Waals surface area contributed by atoms with Crippen LogP contribution in [0.2, 0.25) is 0 Å². The molecule has 0 saturated heterocycles. The number of ether oxygens (including phenoxy) is 5. The monoisotopic (exact) mass is 637 g/mol. The van der Waals surface area contributed by atoms with Gasteiger partial charge in [-0.15, -0.1) is 0 Å². The van der Waals surface area contributed by atoms with Crippen molar-refractivity contribution in [3.8, 4) is 23.0 Å². The number of para-hydroxylation sites is 1. The second-order valence-electron chi connectivity index (χ2n) is 7.86. The Balaban J connectivity index is 1.60. The molecule has 9 nitrogen and oxygen atoms in total. The number of thiol groups is 1. The Morgan fingerprint density at radius 1 is 1.05 bits per heavy atom. The summed E-state index contributed by atoms with van der Waals surface area (Å²) < 4.78 is 28.7. The highest BCUT2D eigenvalue weighted by atomic mass is 127. The van der Waals surface area contributed by atoms with E-state index in [4.69, 9.17) is 23.7 Å². The van der Waals surface area contributed by atoms with Crippen LogP contribution in [0.4, 0.5) is 10.5 Å². The molecule has 1 aliphatic rings. The van der Waals surface area contributed by atoms with Gasteiger partial charge in [-0.3, -0.25) is 10.1 Å². The Kier molecular flexibility index (Phi) is 9.23. The molecular weight excluding hydrogens is 613 g/mol. The van der Waals surface area contributed by atoms with E-state index in [-0.39, 0.29) is 31.3 Å². The Labute approximate surface area is 232 Å². The number of phenols is 1. The first kappa shape index (κ1) is 26.7. The van der Waals surface area contributed by atoms with Crippen molar-refractivity contribution in [1.29, 1.82) is 0 Å². The SMILES string of the molecule is O=C(CS)OCC[C@@H](Oc1ccccc1)[C@H](OC(=O)Nc1ccc2c(c1)OCO2)c1cc(I)ccc1O. The van der Waals surface area contributed by atoms with Gasteiger partial charge in [0, 0.05) is 27.3 Å². The Morgan fingerprint density at radius 3 is 2.62 bits per heavy atom. The van der Waals surface area contributed by atoms with E-state index in [0.717, 1.165) is 3.57 Å². The molecule has 0 aliphatic carbocycles. The maximum absolute atomic E-state index is 13.0. The maximum Gasteiger partial charge on any atom is 0.412 e. The fourth-order valence-electron chi connectivity index (χ4n) is 3.61. The number of phenolic OH excluding ortho intramolecular Hbond substituents is 1. The molecule has 1 heterocycles. The summed E-state index contributed by atoms with van der Waals surface area (Å²) in [4.78, 5) is 24.7. The summed E-state index contributed by atoms with van der Waals surface area (Å²) in [5.74, 6) is 0.962. The molecule has 1 amide bonds. The van der Waals surface area contributed by atoms with E-state index in [1.54, 1.807) is 54.6 Å². The molecule has 0 spiro atoms. The fraction of sp³-hybridized carbons (Fsp3) is 0.231. The van der Waals surface area contributed by atoms with Gasteiger partial charge in [-0.1, -0.05) is 18.2 Å². The van der Waals surface area contributed by atoms with E-state index in [0.29, 0.717) is 28.5 Å². The zero-order valence-electron chi connectivity index (χ0n) is 19.5. The first-order valence-electron chi connectivity index (χ1n) is 11.3. The lowest BCUT2D eigenvalue weighted by Crippen LogP contribution is -2.32. The minimum absolute atomic E-state index is 0.00871. The quantitative estimate of drug-likeness (QED) is 0.156. The van der Waals surface area contributed by atoms with E-state index in [2.05, 4.69) is 40.5 Å². The van der Waals surface area contributed by atoms with E-state index in [1.807, 2.05) is 6.07 Å². The standard InChI is InChI=1S/C26H24INO8S/c27-16-6-8-20(29)19(12-16)25(36-26(31)28-17-7-9-21-23(13-17)34-15-33-21)22(10-11-32-24(30)14-37)35-18-4-2-1-3-5-18/h1-9,12-13,22,25,29,37H,10-11,14-15H2,(H,28,31)/t22-,25-/m1/s1. The minimum Gasteiger partial charge on any atom is -0.508 e. The summed E-state index contributed by atoms with van der Waals surface area (Å²) in [6, 6.07) is 18.9. The number of rotatable bonds is 10. The molecule has 3 aromatic rings. The van der Waals surface area contributed by atoms with Crippen LogP contribution in [0.15, 0.2) is 66.7 Å². The molecule has 0 unspecified atom stereocenters. The van der Waals surface area contributed by atoms with Gasteiger partial charge >= 0.3 is 12.1 Å². The first-order valence-corrected chi connectivity index (χ1v) is 13.0. The molecule has 0 aromatic heterocycles. The van der Waals surface area contributed by atoms with Crippen molar-refractivity contribution in [2.45, 2.75) is 18.6 Å². The predicted octanol–water partition coefficient (Wildman–Crippen LogP) is 5.33. The van der Waals surface area contributed by atoms with Crippen molar-refractivity contribution in [2.24, 2.45) is 0 Å². The molecule has 0 fully saturated rings. The van der Waals surface area contributed by atoms with Crippen LogP contribution in [0.25, 0.3) is 0 Å². The Hall–Kier alpha value is -3.32. The summed E-state index contributed by atoms with van der Waals surface area (Å²) >= 11 is 6.03. The lowest BCUT2D eigenvalue weighted by Gasteiger charge is -2.29. The zero-order chi connectivity index (χ0) is 26.2. The first-order chi connectivity index (χ1) is 17.9. The summed E-state index contributed by atoms with van der Waals surface area (Å²) in [5.41, 5.74) is 0.775. The van der Waals surface area contributed by atoms with Gasteiger partial charge in [-0.2, -0.15) is 12.6 Å². The number of carbonyl (C=O) groups excluding carboxylic acids is 2. The van der Waals surface area contributed by atoms with E-state index < -0.39 is 24.3 Å². The number of amides is 1. The summed E-state index contributed by atoms with van der Waals surface area (Å²) in [6.07, 6.45) is -2.49. The van der Waals surface area contributed by atoms with Crippen LogP contribution >= 0.6 is 35.2 Å². The number of hydrogen-bond acceptors (Lipinski definition) is 9. The molecule has 2 N–H and O–H groups in total. The van der Waals surface area contributed by atoms with Crippen molar-refractivity contribution >= 4 is 53.0 Å². The normalized spacial score (nSPS) is 13.4. The number of hydrogen-bond donors (Lipinski definition) is 3. The van der Waals surface area contributed by atoms with Crippen LogP contribution in [0.3, 0.4) is 0 Å². The van der Waals surface area contributed by atoms with Gasteiger partial charge in [0.1, 0.15) is 17.6 Å². The number of aromatic hydroxyl groups is 1. The van der Waals surface area contributed by atoms with Crippen LogP contribution in [-0.2, 0) is 14.3 Å². The second kappa shape index (κ2) is 12.8. The number of nitrogens with one attached hydrogen (secondary N) is 1. The highest BCUT2D eigenvalue weighted by Gasteiger charge is 2.32. The zero-order valence-corrected chi connectivity index (χ0v) is 22.5. The van der Waals surface area contributed by atoms with Gasteiger partial charge in [-0.25, -0.2) is 4.79 Å². The van der Waals surface area contributed by atoms with Gasteiger partial charge in [-0.05, 0) is 65.1 Å². The van der Waals surface area contributed by atoms with Crippen molar-refractivity contribution in [3.63, 3.8) is 0 Å². The topological polar surface area (TPSA) is 113 Å². The number of carbonyl (C=O) groups is 2. The molecule has 37 heavy (non-hydrogen) atoms. The van der Waals surface area contributed by atoms with E-state index in [1.165, 1.54) is 6.07 Å². The largest absolute Gasteiger partial charge is 0.508 e. The lowest BCUT2D eigenvalue weighted by atomic mass is 10.0. The lowest BCUT2D eigenvalue weighted by molar-refractivity contribution is -0.141. The molecule has 194 valence electrons. The van der Waals surface area contributed by atoms with Crippen molar-refractivity contribution in [3.05, 3.63) is 75.9 Å². The maximum atomic E-state index is 13.0. The molecule has 0 radical (unpaired) electrons. The van der Waals surface area contributed by atoms with Crippen molar-refractivity contribution in [1.82, 2.24) is 0 Å². The van der Waals surface area contributed by atoms with Crippen LogP contribution in [0, 0.1) is 3.57 Å². The third-order valence-corrected chi connectivity index (χ3v) is 6.24. The number of anilines is 1. The molecule has 2 atom stereocenters. The molecule has 0 saturated carbocycles. The fourth-order valence-corrected chi connectivity index (χ4v) is 4.22. The van der Waals surface area contributed by atoms with Gasteiger partial charge < -0.3 is 28.8 Å². The van der Waals surface area contributed by atoms with Gasteiger partial charge in [0.25, 0.3) is 0 Å². The Bertz CT molecular complexity index is 1240. The average Bonchev–Trinajstić information content (AvgIpc) is 3.37. The summed E-state index contributed by atoms with van der Waals surface area (Å²) in [5, 5.41) is 13.4. The molecule has 0 bridgehead atoms. The van der Waals surface area contributed by atoms with E-state index in [9.17, 15) is 14.7 Å². The average molecular weight is 637 g/mol. The molecule has 1 aliphatic heterocycles. The summed E-state index contributed by atoms with van der Waals surface area (Å²) in [7, 11) is 0. The highest BCUT2D eigenvalue weighted by Crippen LogP contribution is 2.36. The number of esters is 1. The third-order valence-electron chi connectivity index (χ3n) is 5.31. The van der Waals surface area contributed by atoms with Crippen LogP contribution in [-0.4, -0.2) is 42.4 Å². The van der Waals surface area contributed by atoms with Crippen LogP contribution in [0.5, 0.6) is 23.0 Å². The smallest absolute Gasteiger partial charge is 0.412 e. The third kappa shape index (κ3) is 7.35. The van der Waals surface area contributed by atoms with Gasteiger partial charge in [0.05, 0.1) is 12.4 Å². The predicted molar refractivity (Wildman–Crippen MR) is 147 cm³/mol.